The summed E-state index contributed by atoms with van der Waals surface area (Å²) in [6, 6.07) is 0. The molecule has 0 fully saturated rings. The molecule has 0 aliphatic carbocycles. The molecule has 10 nitrogen and oxygen atoms in total. The number of nitrogens with zero attached hydrogens (tertiary/aromatic N) is 1. The molecule has 0 aromatic rings. The summed E-state index contributed by atoms with van der Waals surface area (Å²) in [7, 11) is 1.38. The topological polar surface area (TPSA) is 129 Å². The highest BCUT2D eigenvalue weighted by atomic mass is 31.2. The fourth-order valence-electron chi connectivity index (χ4n) is 4.83. The zero-order valence-corrected chi connectivity index (χ0v) is 34.7. The van der Waals surface area contributed by atoms with Gasteiger partial charge >= 0.3 is 19.8 Å². The van der Waals surface area contributed by atoms with E-state index in [1.54, 1.807) is 12.2 Å². The minimum atomic E-state index is -4.40. The molecule has 0 aromatic carbocycles. The third kappa shape index (κ3) is 37.8. The van der Waals surface area contributed by atoms with Gasteiger partial charge in [-0.25, -0.2) is 4.57 Å². The first-order chi connectivity index (χ1) is 25.4. The largest absolute Gasteiger partial charge is 0.472 e. The van der Waals surface area contributed by atoms with Gasteiger partial charge in [-0.2, -0.15) is 0 Å². The standard InChI is InChI=1S/C42H74NO9P/c1-6-8-10-12-14-16-17-19-21-25-30-34-42(46)52-40(38-51-53(47,48)50-36-35-43(3,4)5)37-49-41(45)33-29-26-22-24-28-32-39(44)31-27-23-20-18-15-13-11-9-7-2/h12,14-15,18,22-24,27-28,32,39-40,44H,6-11,13,16-17,19-21,25-26,29-31,33-38H2,1-5H3/p+1/b14-12-,18-15-,24-22+,27-23-,32-28-/t39?,40-/m1/s1. The van der Waals surface area contributed by atoms with Crippen molar-refractivity contribution < 1.29 is 47.2 Å². The first-order valence-corrected chi connectivity index (χ1v) is 21.6. The Bertz CT molecular complexity index is 1110. The zero-order chi connectivity index (χ0) is 39.5. The Labute approximate surface area is 322 Å². The molecule has 0 spiro atoms. The maximum atomic E-state index is 12.6. The Balaban J connectivity index is 4.60. The SMILES string of the molecule is CCCC/C=C\CCCCCCCC(=O)O[C@H](COC(=O)CCC/C=C/C=C\C(O)C/C=C\C/C=C\CCCCC)COP(=O)(O)OCC[N+](C)(C)C. The number of carbonyl (C=O) groups excluding carboxylic acids is 2. The van der Waals surface area contributed by atoms with Crippen molar-refractivity contribution in [3.8, 4) is 0 Å². The van der Waals surface area contributed by atoms with E-state index in [1.165, 1.54) is 32.1 Å². The molecule has 2 unspecified atom stereocenters. The number of likely N-dealkylation sites (N-methyl/N-ethyl adjacent to an activating group) is 1. The smallest absolute Gasteiger partial charge is 0.462 e. The quantitative estimate of drug-likeness (QED) is 0.0162. The van der Waals surface area contributed by atoms with Gasteiger partial charge in [-0.05, 0) is 64.2 Å². The number of phosphoric acid groups is 1. The summed E-state index contributed by atoms with van der Waals surface area (Å²) in [6.07, 6.45) is 35.9. The van der Waals surface area contributed by atoms with Crippen molar-refractivity contribution in [3.05, 3.63) is 60.8 Å². The summed E-state index contributed by atoms with van der Waals surface area (Å²) < 4.78 is 34.0. The molecule has 0 rings (SSSR count). The number of rotatable bonds is 35. The third-order valence-corrected chi connectivity index (χ3v) is 9.08. The number of allylic oxidation sites excluding steroid dienone is 8. The van der Waals surface area contributed by atoms with E-state index in [0.717, 1.165) is 51.4 Å². The molecule has 0 saturated heterocycles. The predicted molar refractivity (Wildman–Crippen MR) is 216 cm³/mol. The van der Waals surface area contributed by atoms with Crippen LogP contribution in [-0.4, -0.2) is 86.1 Å². The van der Waals surface area contributed by atoms with Crippen LogP contribution < -0.4 is 0 Å². The molecule has 0 heterocycles. The van der Waals surface area contributed by atoms with Crippen molar-refractivity contribution in [2.45, 2.75) is 148 Å². The Morgan fingerprint density at radius 3 is 2.00 bits per heavy atom. The second-order valence-electron chi connectivity index (χ2n) is 14.5. The van der Waals surface area contributed by atoms with Gasteiger partial charge in [-0.1, -0.05) is 120 Å². The minimum absolute atomic E-state index is 0.00535. The number of ether oxygens (including phenoxy) is 2. The summed E-state index contributed by atoms with van der Waals surface area (Å²) in [5, 5.41) is 10.1. The van der Waals surface area contributed by atoms with Crippen LogP contribution >= 0.6 is 7.82 Å². The van der Waals surface area contributed by atoms with Crippen LogP contribution in [0.4, 0.5) is 0 Å². The van der Waals surface area contributed by atoms with Crippen molar-refractivity contribution >= 4 is 19.8 Å². The predicted octanol–water partition coefficient (Wildman–Crippen LogP) is 9.87. The van der Waals surface area contributed by atoms with Gasteiger partial charge in [0.25, 0.3) is 0 Å². The summed E-state index contributed by atoms with van der Waals surface area (Å²) in [5.41, 5.74) is 0. The minimum Gasteiger partial charge on any atom is -0.462 e. The van der Waals surface area contributed by atoms with Gasteiger partial charge in [0.2, 0.25) is 0 Å². The lowest BCUT2D eigenvalue weighted by atomic mass is 10.1. The van der Waals surface area contributed by atoms with Gasteiger partial charge in [0.15, 0.2) is 6.10 Å². The third-order valence-electron chi connectivity index (χ3n) is 8.10. The Hall–Kier alpha value is -2.33. The molecular weight excluding hydrogens is 693 g/mol. The molecule has 53 heavy (non-hydrogen) atoms. The molecule has 0 radical (unpaired) electrons. The molecule has 306 valence electrons. The molecule has 0 bridgehead atoms. The number of aliphatic hydroxyl groups is 1. The van der Waals surface area contributed by atoms with E-state index in [-0.39, 0.29) is 26.1 Å². The lowest BCUT2D eigenvalue weighted by molar-refractivity contribution is -0.870. The van der Waals surface area contributed by atoms with E-state index in [0.29, 0.717) is 36.7 Å². The van der Waals surface area contributed by atoms with Crippen LogP contribution in [0.15, 0.2) is 60.8 Å². The molecule has 0 aliphatic heterocycles. The first-order valence-electron chi connectivity index (χ1n) is 20.1. The van der Waals surface area contributed by atoms with E-state index >= 15 is 0 Å². The fraction of sp³-hybridized carbons (Fsp3) is 0.714. The van der Waals surface area contributed by atoms with Crippen molar-refractivity contribution in [3.63, 3.8) is 0 Å². The van der Waals surface area contributed by atoms with Gasteiger partial charge in [-0.15, -0.1) is 0 Å². The van der Waals surface area contributed by atoms with Crippen molar-refractivity contribution in [2.24, 2.45) is 0 Å². The number of hydrogen-bond acceptors (Lipinski definition) is 8. The lowest BCUT2D eigenvalue weighted by Crippen LogP contribution is -2.37. The maximum Gasteiger partial charge on any atom is 0.472 e. The molecule has 0 amide bonds. The second-order valence-corrected chi connectivity index (χ2v) is 16.0. The van der Waals surface area contributed by atoms with Gasteiger partial charge in [-0.3, -0.25) is 18.6 Å². The molecular formula is C42H75NO9P+. The molecule has 0 saturated carbocycles. The van der Waals surface area contributed by atoms with Crippen molar-refractivity contribution in [1.82, 2.24) is 0 Å². The Morgan fingerprint density at radius 2 is 1.28 bits per heavy atom. The highest BCUT2D eigenvalue weighted by Crippen LogP contribution is 2.43. The van der Waals surface area contributed by atoms with Crippen molar-refractivity contribution in [1.29, 1.82) is 0 Å². The highest BCUT2D eigenvalue weighted by molar-refractivity contribution is 7.47. The van der Waals surface area contributed by atoms with Crippen LogP contribution in [0.5, 0.6) is 0 Å². The molecule has 2 N–H and O–H groups in total. The van der Waals surface area contributed by atoms with Crippen molar-refractivity contribution in [2.75, 3.05) is 47.5 Å². The van der Waals surface area contributed by atoms with Crippen LogP contribution in [-0.2, 0) is 32.7 Å². The average molecular weight is 769 g/mol. The van der Waals surface area contributed by atoms with Crippen LogP contribution in [0.1, 0.15) is 136 Å². The van der Waals surface area contributed by atoms with E-state index in [2.05, 4.69) is 44.2 Å². The van der Waals surface area contributed by atoms with Crippen LogP contribution in [0.25, 0.3) is 0 Å². The molecule has 0 aromatic heterocycles. The first kappa shape index (κ1) is 50.7. The molecule has 0 aliphatic rings. The van der Waals surface area contributed by atoms with Gasteiger partial charge < -0.3 is 24.0 Å². The van der Waals surface area contributed by atoms with Crippen LogP contribution in [0.3, 0.4) is 0 Å². The number of carbonyl (C=O) groups is 2. The second kappa shape index (κ2) is 34.2. The number of phosphoric ester groups is 1. The number of quaternary nitrogens is 1. The lowest BCUT2D eigenvalue weighted by Gasteiger charge is -2.24. The number of esters is 2. The number of aliphatic hydroxyl groups excluding tert-OH is 1. The fourth-order valence-corrected chi connectivity index (χ4v) is 5.57. The number of unbranched alkanes of at least 4 members (excludes halogenated alkanes) is 11. The monoisotopic (exact) mass is 769 g/mol. The normalized spacial score (nSPS) is 14.9. The van der Waals surface area contributed by atoms with E-state index in [1.807, 2.05) is 39.4 Å². The molecule has 11 heteroatoms. The summed E-state index contributed by atoms with van der Waals surface area (Å²) >= 11 is 0. The van der Waals surface area contributed by atoms with Crippen LogP contribution in [0.2, 0.25) is 0 Å². The van der Waals surface area contributed by atoms with E-state index in [9.17, 15) is 24.2 Å². The van der Waals surface area contributed by atoms with Gasteiger partial charge in [0.1, 0.15) is 19.8 Å². The maximum absolute atomic E-state index is 12.6. The Kier molecular flexibility index (Phi) is 32.7. The summed E-state index contributed by atoms with van der Waals surface area (Å²) in [4.78, 5) is 35.2. The van der Waals surface area contributed by atoms with E-state index < -0.39 is 38.6 Å². The zero-order valence-electron chi connectivity index (χ0n) is 33.8. The van der Waals surface area contributed by atoms with E-state index in [4.69, 9.17) is 18.5 Å². The van der Waals surface area contributed by atoms with Gasteiger partial charge in [0, 0.05) is 12.8 Å². The highest BCUT2D eigenvalue weighted by Gasteiger charge is 2.27. The Morgan fingerprint density at radius 1 is 0.679 bits per heavy atom. The summed E-state index contributed by atoms with van der Waals surface area (Å²) in [5.74, 6) is -0.948. The van der Waals surface area contributed by atoms with Crippen LogP contribution in [0, 0.1) is 0 Å². The molecule has 3 atom stereocenters. The summed E-state index contributed by atoms with van der Waals surface area (Å²) in [6.45, 7) is 4.14. The average Bonchev–Trinajstić information content (AvgIpc) is 3.10. The van der Waals surface area contributed by atoms with Gasteiger partial charge in [0.05, 0.1) is 33.9 Å². The number of hydrogen-bond donors (Lipinski definition) is 2.